The number of aryl methyl sites for hydroxylation is 2. The lowest BCUT2D eigenvalue weighted by atomic mass is 10.0. The smallest absolute Gasteiger partial charge is 0.122 e. The monoisotopic (exact) mass is 303 g/mol. The van der Waals surface area contributed by atoms with Crippen LogP contribution in [0.4, 0.5) is 0 Å². The SMILES string of the molecule is Cc1ccc(CNCCOc2cc(C(C)C)ccc2C)s1. The summed E-state index contributed by atoms with van der Waals surface area (Å²) in [5, 5.41) is 3.43. The normalized spacial score (nSPS) is 11.1. The number of ether oxygens (including phenoxy) is 1. The second kappa shape index (κ2) is 7.62. The van der Waals surface area contributed by atoms with Crippen LogP contribution in [-0.4, -0.2) is 13.2 Å². The summed E-state index contributed by atoms with van der Waals surface area (Å²) in [6.07, 6.45) is 0. The van der Waals surface area contributed by atoms with Gasteiger partial charge in [-0.1, -0.05) is 26.0 Å². The van der Waals surface area contributed by atoms with Crippen LogP contribution in [0.5, 0.6) is 5.75 Å². The second-order valence-corrected chi connectivity index (χ2v) is 7.09. The Bertz CT molecular complexity index is 574. The van der Waals surface area contributed by atoms with Crippen LogP contribution in [0.15, 0.2) is 30.3 Å². The molecule has 114 valence electrons. The van der Waals surface area contributed by atoms with Crippen LogP contribution < -0.4 is 10.1 Å². The Kier molecular flexibility index (Phi) is 5.83. The summed E-state index contributed by atoms with van der Waals surface area (Å²) in [4.78, 5) is 2.75. The van der Waals surface area contributed by atoms with Gasteiger partial charge in [-0.2, -0.15) is 0 Å². The summed E-state index contributed by atoms with van der Waals surface area (Å²) in [5.41, 5.74) is 2.53. The highest BCUT2D eigenvalue weighted by atomic mass is 32.1. The molecule has 0 atom stereocenters. The van der Waals surface area contributed by atoms with E-state index in [4.69, 9.17) is 4.74 Å². The van der Waals surface area contributed by atoms with E-state index in [1.54, 1.807) is 0 Å². The topological polar surface area (TPSA) is 21.3 Å². The molecule has 0 amide bonds. The Morgan fingerprint density at radius 1 is 1.14 bits per heavy atom. The summed E-state index contributed by atoms with van der Waals surface area (Å²) in [5.74, 6) is 1.54. The van der Waals surface area contributed by atoms with E-state index in [0.29, 0.717) is 12.5 Å². The van der Waals surface area contributed by atoms with Gasteiger partial charge in [0.2, 0.25) is 0 Å². The van der Waals surface area contributed by atoms with Crippen molar-refractivity contribution in [3.05, 3.63) is 51.2 Å². The molecule has 0 bridgehead atoms. The molecule has 1 N–H and O–H groups in total. The maximum Gasteiger partial charge on any atom is 0.122 e. The minimum atomic E-state index is 0.535. The lowest BCUT2D eigenvalue weighted by Crippen LogP contribution is -2.20. The first-order valence-electron chi connectivity index (χ1n) is 7.55. The molecule has 0 aliphatic carbocycles. The van der Waals surface area contributed by atoms with Gasteiger partial charge in [-0.3, -0.25) is 0 Å². The molecule has 0 aliphatic rings. The maximum absolute atomic E-state index is 5.91. The fraction of sp³-hybridized carbons (Fsp3) is 0.444. The van der Waals surface area contributed by atoms with E-state index in [9.17, 15) is 0 Å². The molecule has 3 heteroatoms. The number of thiophene rings is 1. The Balaban J connectivity index is 1.76. The first-order valence-corrected chi connectivity index (χ1v) is 8.37. The summed E-state index contributed by atoms with van der Waals surface area (Å²) < 4.78 is 5.91. The maximum atomic E-state index is 5.91. The van der Waals surface area contributed by atoms with Gasteiger partial charge < -0.3 is 10.1 Å². The number of hydrogen-bond donors (Lipinski definition) is 1. The predicted octanol–water partition coefficient (Wildman–Crippen LogP) is 4.66. The summed E-state index contributed by atoms with van der Waals surface area (Å²) in [6, 6.07) is 10.8. The van der Waals surface area contributed by atoms with Crippen molar-refractivity contribution in [1.82, 2.24) is 5.32 Å². The first kappa shape index (κ1) is 16.1. The van der Waals surface area contributed by atoms with Crippen LogP contribution in [0.2, 0.25) is 0 Å². The lowest BCUT2D eigenvalue weighted by Gasteiger charge is -2.13. The van der Waals surface area contributed by atoms with Gasteiger partial charge in [-0.05, 0) is 49.1 Å². The molecule has 2 aromatic rings. The summed E-state index contributed by atoms with van der Waals surface area (Å²) in [6.45, 7) is 11.1. The van der Waals surface area contributed by atoms with Gasteiger partial charge in [0, 0.05) is 22.8 Å². The number of nitrogens with one attached hydrogen (secondary N) is 1. The summed E-state index contributed by atoms with van der Waals surface area (Å²) in [7, 11) is 0. The minimum Gasteiger partial charge on any atom is -0.492 e. The van der Waals surface area contributed by atoms with Gasteiger partial charge in [0.25, 0.3) is 0 Å². The molecule has 2 rings (SSSR count). The number of hydrogen-bond acceptors (Lipinski definition) is 3. The largest absolute Gasteiger partial charge is 0.492 e. The van der Waals surface area contributed by atoms with Crippen molar-refractivity contribution in [3.63, 3.8) is 0 Å². The van der Waals surface area contributed by atoms with Gasteiger partial charge in [0.1, 0.15) is 12.4 Å². The molecule has 0 saturated carbocycles. The zero-order chi connectivity index (χ0) is 15.2. The highest BCUT2D eigenvalue weighted by molar-refractivity contribution is 7.11. The first-order chi connectivity index (χ1) is 10.1. The van der Waals surface area contributed by atoms with Gasteiger partial charge >= 0.3 is 0 Å². The van der Waals surface area contributed by atoms with Crippen LogP contribution >= 0.6 is 11.3 Å². The molecule has 0 saturated heterocycles. The fourth-order valence-electron chi connectivity index (χ4n) is 2.16. The zero-order valence-electron chi connectivity index (χ0n) is 13.4. The third-order valence-corrected chi connectivity index (χ3v) is 4.51. The quantitative estimate of drug-likeness (QED) is 0.751. The minimum absolute atomic E-state index is 0.535. The highest BCUT2D eigenvalue weighted by Crippen LogP contribution is 2.24. The van der Waals surface area contributed by atoms with Crippen LogP contribution in [0.3, 0.4) is 0 Å². The van der Waals surface area contributed by atoms with E-state index in [0.717, 1.165) is 18.8 Å². The molecular formula is C18H25NOS. The second-order valence-electron chi connectivity index (χ2n) is 5.72. The van der Waals surface area contributed by atoms with Crippen molar-refractivity contribution in [2.45, 2.75) is 40.2 Å². The standard InChI is InChI=1S/C18H25NOS/c1-13(2)16-7-5-14(3)18(11-16)20-10-9-19-12-17-8-6-15(4)21-17/h5-8,11,13,19H,9-10,12H2,1-4H3. The molecule has 0 spiro atoms. The van der Waals surface area contributed by atoms with Crippen molar-refractivity contribution >= 4 is 11.3 Å². The van der Waals surface area contributed by atoms with E-state index in [-0.39, 0.29) is 0 Å². The Labute approximate surface area is 132 Å². The van der Waals surface area contributed by atoms with Gasteiger partial charge in [-0.15, -0.1) is 11.3 Å². The van der Waals surface area contributed by atoms with Crippen LogP contribution in [-0.2, 0) is 6.54 Å². The Morgan fingerprint density at radius 3 is 2.62 bits per heavy atom. The van der Waals surface area contributed by atoms with Gasteiger partial charge in [0.05, 0.1) is 0 Å². The van der Waals surface area contributed by atoms with E-state index in [2.05, 4.69) is 63.3 Å². The average molecular weight is 303 g/mol. The molecule has 1 heterocycles. The molecule has 21 heavy (non-hydrogen) atoms. The predicted molar refractivity (Wildman–Crippen MR) is 91.5 cm³/mol. The fourth-order valence-corrected chi connectivity index (χ4v) is 3.02. The number of benzene rings is 1. The molecule has 0 aliphatic heterocycles. The molecule has 0 radical (unpaired) electrons. The van der Waals surface area contributed by atoms with E-state index < -0.39 is 0 Å². The average Bonchev–Trinajstić information content (AvgIpc) is 2.85. The Hall–Kier alpha value is -1.32. The van der Waals surface area contributed by atoms with Crippen molar-refractivity contribution < 1.29 is 4.74 Å². The van der Waals surface area contributed by atoms with E-state index in [1.807, 2.05) is 11.3 Å². The van der Waals surface area contributed by atoms with E-state index >= 15 is 0 Å². The van der Waals surface area contributed by atoms with E-state index in [1.165, 1.54) is 20.9 Å². The highest BCUT2D eigenvalue weighted by Gasteiger charge is 2.04. The van der Waals surface area contributed by atoms with Gasteiger partial charge in [0.15, 0.2) is 0 Å². The third-order valence-electron chi connectivity index (χ3n) is 3.51. The summed E-state index contributed by atoms with van der Waals surface area (Å²) >= 11 is 1.85. The molecule has 1 aromatic carbocycles. The lowest BCUT2D eigenvalue weighted by molar-refractivity contribution is 0.311. The van der Waals surface area contributed by atoms with Crippen molar-refractivity contribution in [1.29, 1.82) is 0 Å². The molecule has 2 nitrogen and oxygen atoms in total. The van der Waals surface area contributed by atoms with Crippen LogP contribution in [0.25, 0.3) is 0 Å². The van der Waals surface area contributed by atoms with Crippen molar-refractivity contribution in [2.75, 3.05) is 13.2 Å². The molecule has 1 aromatic heterocycles. The Morgan fingerprint density at radius 2 is 1.95 bits per heavy atom. The van der Waals surface area contributed by atoms with Crippen LogP contribution in [0.1, 0.15) is 40.6 Å². The molecule has 0 unspecified atom stereocenters. The molecule has 0 fully saturated rings. The van der Waals surface area contributed by atoms with Crippen LogP contribution in [0, 0.1) is 13.8 Å². The zero-order valence-corrected chi connectivity index (χ0v) is 14.2. The van der Waals surface area contributed by atoms with Gasteiger partial charge in [-0.25, -0.2) is 0 Å². The van der Waals surface area contributed by atoms with Crippen molar-refractivity contribution in [2.24, 2.45) is 0 Å². The van der Waals surface area contributed by atoms with Crippen molar-refractivity contribution in [3.8, 4) is 5.75 Å². The number of rotatable bonds is 7. The molecular weight excluding hydrogens is 278 g/mol. The third kappa shape index (κ3) is 4.87.